The summed E-state index contributed by atoms with van der Waals surface area (Å²) >= 11 is 0. The first-order chi connectivity index (χ1) is 9.79. The molecule has 0 saturated carbocycles. The van der Waals surface area contributed by atoms with Gasteiger partial charge in [-0.1, -0.05) is 0 Å². The van der Waals surface area contributed by atoms with Crippen molar-refractivity contribution in [3.05, 3.63) is 54.2 Å². The van der Waals surface area contributed by atoms with Gasteiger partial charge in [-0.05, 0) is 23.8 Å². The molecule has 0 aliphatic carbocycles. The summed E-state index contributed by atoms with van der Waals surface area (Å²) in [6.07, 6.45) is 6.43. The van der Waals surface area contributed by atoms with E-state index in [9.17, 15) is 9.90 Å². The summed E-state index contributed by atoms with van der Waals surface area (Å²) in [5.74, 6) is 0.167. The van der Waals surface area contributed by atoms with Crippen molar-refractivity contribution in [2.24, 2.45) is 5.92 Å². The maximum Gasteiger partial charge on any atom is 0.257 e. The molecule has 2 aromatic heterocycles. The zero-order valence-electron chi connectivity index (χ0n) is 11.0. The van der Waals surface area contributed by atoms with Gasteiger partial charge in [-0.15, -0.1) is 0 Å². The number of rotatable bonds is 3. The second-order valence-corrected chi connectivity index (χ2v) is 5.05. The minimum absolute atomic E-state index is 0.0474. The summed E-state index contributed by atoms with van der Waals surface area (Å²) in [6, 6.07) is 5.55. The number of furan rings is 1. The van der Waals surface area contributed by atoms with Gasteiger partial charge in [0.05, 0.1) is 11.8 Å². The van der Waals surface area contributed by atoms with E-state index in [0.717, 1.165) is 5.56 Å². The van der Waals surface area contributed by atoms with Crippen molar-refractivity contribution < 1.29 is 14.3 Å². The summed E-state index contributed by atoms with van der Waals surface area (Å²) in [7, 11) is 0. The van der Waals surface area contributed by atoms with Gasteiger partial charge in [-0.2, -0.15) is 0 Å². The summed E-state index contributed by atoms with van der Waals surface area (Å²) in [5.41, 5.74) is 1.67. The molecule has 1 saturated heterocycles. The van der Waals surface area contributed by atoms with Crippen molar-refractivity contribution in [3.63, 3.8) is 0 Å². The predicted octanol–water partition coefficient (Wildman–Crippen LogP) is 1.52. The standard InChI is InChI=1S/C15H16N2O3/c18-9-13-7-17(15(19)12-3-6-20-10-12)8-14(13)11-1-4-16-5-2-11/h1-6,10,13-14,18H,7-9H2/t13-,14-/m0/s1. The lowest BCUT2D eigenvalue weighted by Crippen LogP contribution is -2.28. The molecule has 1 fully saturated rings. The number of aliphatic hydroxyl groups is 1. The van der Waals surface area contributed by atoms with Gasteiger partial charge in [0, 0.05) is 43.9 Å². The largest absolute Gasteiger partial charge is 0.472 e. The van der Waals surface area contributed by atoms with Crippen LogP contribution in [0.4, 0.5) is 0 Å². The highest BCUT2D eigenvalue weighted by Crippen LogP contribution is 2.32. The minimum atomic E-state index is -0.0474. The lowest BCUT2D eigenvalue weighted by molar-refractivity contribution is 0.0780. The number of amides is 1. The molecule has 0 unspecified atom stereocenters. The van der Waals surface area contributed by atoms with Crippen LogP contribution in [-0.4, -0.2) is 40.6 Å². The first kappa shape index (κ1) is 12.9. The van der Waals surface area contributed by atoms with Crippen LogP contribution in [0.1, 0.15) is 21.8 Å². The van der Waals surface area contributed by atoms with Crippen LogP contribution >= 0.6 is 0 Å². The summed E-state index contributed by atoms with van der Waals surface area (Å²) in [6.45, 7) is 1.24. The van der Waals surface area contributed by atoms with Crippen molar-refractivity contribution in [3.8, 4) is 0 Å². The smallest absolute Gasteiger partial charge is 0.257 e. The second-order valence-electron chi connectivity index (χ2n) is 5.05. The van der Waals surface area contributed by atoms with Gasteiger partial charge in [-0.25, -0.2) is 0 Å². The van der Waals surface area contributed by atoms with E-state index in [1.165, 1.54) is 12.5 Å². The number of likely N-dealkylation sites (tertiary alicyclic amines) is 1. The first-order valence-electron chi connectivity index (χ1n) is 6.62. The van der Waals surface area contributed by atoms with E-state index in [1.54, 1.807) is 23.4 Å². The Bertz CT molecular complexity index is 568. The SMILES string of the molecule is O=C(c1ccoc1)N1C[C@@H](CO)[C@H](c2ccncc2)C1. The Morgan fingerprint density at radius 1 is 1.35 bits per heavy atom. The number of pyridine rings is 1. The molecule has 3 rings (SSSR count). The third kappa shape index (κ3) is 2.32. The number of hydrogen-bond donors (Lipinski definition) is 1. The average molecular weight is 272 g/mol. The highest BCUT2D eigenvalue weighted by molar-refractivity contribution is 5.94. The molecule has 1 amide bonds. The van der Waals surface area contributed by atoms with Crippen molar-refractivity contribution in [1.82, 2.24) is 9.88 Å². The number of hydrogen-bond acceptors (Lipinski definition) is 4. The second kappa shape index (κ2) is 5.46. The van der Waals surface area contributed by atoms with Crippen LogP contribution in [0.2, 0.25) is 0 Å². The van der Waals surface area contributed by atoms with Gasteiger partial charge in [0.25, 0.3) is 5.91 Å². The zero-order valence-corrected chi connectivity index (χ0v) is 11.0. The normalized spacial score (nSPS) is 22.1. The van der Waals surface area contributed by atoms with E-state index in [0.29, 0.717) is 18.7 Å². The Balaban J connectivity index is 1.80. The fourth-order valence-electron chi connectivity index (χ4n) is 2.78. The van der Waals surface area contributed by atoms with E-state index in [4.69, 9.17) is 4.42 Å². The van der Waals surface area contributed by atoms with E-state index < -0.39 is 0 Å². The third-order valence-corrected chi connectivity index (χ3v) is 3.87. The number of aromatic nitrogens is 1. The number of carbonyl (C=O) groups is 1. The fraction of sp³-hybridized carbons (Fsp3) is 0.333. The van der Waals surface area contributed by atoms with Gasteiger partial charge in [0.2, 0.25) is 0 Å². The van der Waals surface area contributed by atoms with Crippen molar-refractivity contribution >= 4 is 5.91 Å². The van der Waals surface area contributed by atoms with Crippen LogP contribution in [0, 0.1) is 5.92 Å². The van der Waals surface area contributed by atoms with Crippen LogP contribution in [0.15, 0.2) is 47.5 Å². The van der Waals surface area contributed by atoms with E-state index >= 15 is 0 Å². The van der Waals surface area contributed by atoms with Crippen LogP contribution in [0.25, 0.3) is 0 Å². The fourth-order valence-corrected chi connectivity index (χ4v) is 2.78. The molecular weight excluding hydrogens is 256 g/mol. The Kier molecular flexibility index (Phi) is 3.52. The van der Waals surface area contributed by atoms with Gasteiger partial charge in [-0.3, -0.25) is 9.78 Å². The molecular formula is C15H16N2O3. The Hall–Kier alpha value is -2.14. The molecule has 1 aliphatic rings. The van der Waals surface area contributed by atoms with E-state index in [-0.39, 0.29) is 24.3 Å². The van der Waals surface area contributed by atoms with E-state index in [1.807, 2.05) is 12.1 Å². The molecule has 1 aliphatic heterocycles. The third-order valence-electron chi connectivity index (χ3n) is 3.87. The van der Waals surface area contributed by atoms with Crippen molar-refractivity contribution in [1.29, 1.82) is 0 Å². The van der Waals surface area contributed by atoms with Gasteiger partial charge in [0.1, 0.15) is 6.26 Å². The lowest BCUT2D eigenvalue weighted by atomic mass is 9.90. The number of nitrogens with zero attached hydrogens (tertiary/aromatic N) is 2. The molecule has 2 aromatic rings. The zero-order chi connectivity index (χ0) is 13.9. The topological polar surface area (TPSA) is 66.6 Å². The molecule has 5 nitrogen and oxygen atoms in total. The molecule has 3 heterocycles. The van der Waals surface area contributed by atoms with Gasteiger partial charge >= 0.3 is 0 Å². The van der Waals surface area contributed by atoms with Gasteiger partial charge in [0.15, 0.2) is 0 Å². The Morgan fingerprint density at radius 3 is 2.80 bits per heavy atom. The van der Waals surface area contributed by atoms with Crippen LogP contribution < -0.4 is 0 Å². The molecule has 0 bridgehead atoms. The molecule has 2 atom stereocenters. The monoisotopic (exact) mass is 272 g/mol. The van der Waals surface area contributed by atoms with E-state index in [2.05, 4.69) is 4.98 Å². The molecule has 1 N–H and O–H groups in total. The molecule has 5 heteroatoms. The molecule has 0 aromatic carbocycles. The highest BCUT2D eigenvalue weighted by atomic mass is 16.3. The molecule has 104 valence electrons. The Morgan fingerprint density at radius 2 is 2.15 bits per heavy atom. The number of carbonyl (C=O) groups excluding carboxylic acids is 1. The predicted molar refractivity (Wildman–Crippen MR) is 72.2 cm³/mol. The molecule has 0 spiro atoms. The van der Waals surface area contributed by atoms with Crippen LogP contribution in [-0.2, 0) is 0 Å². The van der Waals surface area contributed by atoms with Crippen molar-refractivity contribution in [2.75, 3.05) is 19.7 Å². The maximum atomic E-state index is 12.3. The average Bonchev–Trinajstić information content (AvgIpc) is 3.17. The first-order valence-corrected chi connectivity index (χ1v) is 6.62. The van der Waals surface area contributed by atoms with Gasteiger partial charge < -0.3 is 14.4 Å². The highest BCUT2D eigenvalue weighted by Gasteiger charge is 2.36. The summed E-state index contributed by atoms with van der Waals surface area (Å²) in [4.78, 5) is 18.1. The van der Waals surface area contributed by atoms with Crippen LogP contribution in [0.5, 0.6) is 0 Å². The molecule has 0 radical (unpaired) electrons. The quantitative estimate of drug-likeness (QED) is 0.920. The summed E-state index contributed by atoms with van der Waals surface area (Å²) in [5, 5.41) is 9.56. The Labute approximate surface area is 116 Å². The molecule has 20 heavy (non-hydrogen) atoms. The van der Waals surface area contributed by atoms with Crippen LogP contribution in [0.3, 0.4) is 0 Å². The number of aliphatic hydroxyl groups excluding tert-OH is 1. The minimum Gasteiger partial charge on any atom is -0.472 e. The summed E-state index contributed by atoms with van der Waals surface area (Å²) < 4.78 is 4.95. The maximum absolute atomic E-state index is 12.3. The lowest BCUT2D eigenvalue weighted by Gasteiger charge is -2.16. The van der Waals surface area contributed by atoms with Crippen molar-refractivity contribution in [2.45, 2.75) is 5.92 Å².